The van der Waals surface area contributed by atoms with Crippen molar-refractivity contribution in [2.75, 3.05) is 13.2 Å². The second-order valence-electron chi connectivity index (χ2n) is 4.90. The minimum Gasteiger partial charge on any atom is -0.348 e. The van der Waals surface area contributed by atoms with Crippen LogP contribution in [-0.4, -0.2) is 24.8 Å². The maximum atomic E-state index is 11.5. The third kappa shape index (κ3) is 1.09. The van der Waals surface area contributed by atoms with Crippen molar-refractivity contribution < 1.29 is 14.3 Å². The lowest BCUT2D eigenvalue weighted by atomic mass is 9.93. The topological polar surface area (TPSA) is 35.5 Å². The normalized spacial score (nSPS) is 44.9. The summed E-state index contributed by atoms with van der Waals surface area (Å²) in [7, 11) is 0. The number of Topliss-reactive ketones (excluding diaryl/α,β-unsaturated/α-hetero) is 1. The molecular weight excluding hydrogens is 180 g/mol. The van der Waals surface area contributed by atoms with Crippen LogP contribution in [-0.2, 0) is 14.3 Å². The van der Waals surface area contributed by atoms with Crippen molar-refractivity contribution in [3.8, 4) is 0 Å². The van der Waals surface area contributed by atoms with Crippen molar-refractivity contribution in [3.05, 3.63) is 0 Å². The van der Waals surface area contributed by atoms with Gasteiger partial charge < -0.3 is 9.47 Å². The molecule has 0 bridgehead atoms. The Hall–Kier alpha value is -0.410. The van der Waals surface area contributed by atoms with Crippen LogP contribution in [0, 0.1) is 17.8 Å². The van der Waals surface area contributed by atoms with Crippen LogP contribution in [0.2, 0.25) is 0 Å². The number of ether oxygens (including phenoxy) is 2. The zero-order chi connectivity index (χ0) is 9.76. The van der Waals surface area contributed by atoms with Gasteiger partial charge in [-0.05, 0) is 11.8 Å². The van der Waals surface area contributed by atoms with E-state index in [0.717, 1.165) is 32.5 Å². The van der Waals surface area contributed by atoms with Gasteiger partial charge in [-0.25, -0.2) is 0 Å². The molecule has 1 heterocycles. The first-order valence-corrected chi connectivity index (χ1v) is 5.51. The monoisotopic (exact) mass is 196 g/mol. The van der Waals surface area contributed by atoms with Crippen LogP contribution in [0.4, 0.5) is 0 Å². The lowest BCUT2D eigenvalue weighted by Crippen LogP contribution is -2.28. The molecule has 2 saturated carbocycles. The molecule has 2 aliphatic carbocycles. The number of fused-ring (bicyclic) bond motifs is 1. The molecule has 3 rings (SSSR count). The van der Waals surface area contributed by atoms with Crippen LogP contribution < -0.4 is 0 Å². The van der Waals surface area contributed by atoms with Gasteiger partial charge in [-0.15, -0.1) is 0 Å². The van der Waals surface area contributed by atoms with E-state index in [1.807, 2.05) is 0 Å². The zero-order valence-electron chi connectivity index (χ0n) is 8.49. The minimum atomic E-state index is -0.301. The molecule has 1 aliphatic heterocycles. The number of hydrogen-bond acceptors (Lipinski definition) is 3. The van der Waals surface area contributed by atoms with E-state index in [4.69, 9.17) is 9.47 Å². The highest BCUT2D eigenvalue weighted by atomic mass is 16.7. The molecule has 0 aromatic carbocycles. The van der Waals surface area contributed by atoms with E-state index in [1.54, 1.807) is 0 Å². The summed E-state index contributed by atoms with van der Waals surface area (Å²) in [5, 5.41) is 0. The van der Waals surface area contributed by atoms with E-state index >= 15 is 0 Å². The molecule has 78 valence electrons. The first-order chi connectivity index (χ1) is 6.70. The Morgan fingerprint density at radius 3 is 2.64 bits per heavy atom. The van der Waals surface area contributed by atoms with Crippen molar-refractivity contribution in [3.63, 3.8) is 0 Å². The Bertz CT molecular complexity index is 268. The number of rotatable bonds is 0. The summed E-state index contributed by atoms with van der Waals surface area (Å²) in [4.78, 5) is 11.5. The molecule has 0 unspecified atom stereocenters. The Labute approximate surface area is 83.8 Å². The van der Waals surface area contributed by atoms with Crippen LogP contribution in [0.5, 0.6) is 0 Å². The van der Waals surface area contributed by atoms with Crippen LogP contribution in [0.3, 0.4) is 0 Å². The van der Waals surface area contributed by atoms with Gasteiger partial charge in [0, 0.05) is 25.2 Å². The first kappa shape index (κ1) is 8.86. The highest BCUT2D eigenvalue weighted by molar-refractivity contribution is 5.83. The highest BCUT2D eigenvalue weighted by Crippen LogP contribution is 2.52. The number of carbonyl (C=O) groups excluding carboxylic acids is 1. The van der Waals surface area contributed by atoms with E-state index in [2.05, 4.69) is 6.92 Å². The molecule has 3 heteroatoms. The summed E-state index contributed by atoms with van der Waals surface area (Å²) in [6, 6.07) is 0. The van der Waals surface area contributed by atoms with Crippen molar-refractivity contribution in [2.24, 2.45) is 17.8 Å². The summed E-state index contributed by atoms with van der Waals surface area (Å²) < 4.78 is 11.4. The molecule has 0 amide bonds. The average Bonchev–Trinajstić information content (AvgIpc) is 2.79. The summed E-state index contributed by atoms with van der Waals surface area (Å²) in [6.45, 7) is 3.50. The van der Waals surface area contributed by atoms with Crippen molar-refractivity contribution in [1.29, 1.82) is 0 Å². The van der Waals surface area contributed by atoms with Gasteiger partial charge in [0.25, 0.3) is 0 Å². The second-order valence-corrected chi connectivity index (χ2v) is 4.90. The molecule has 0 N–H and O–H groups in total. The molecule has 1 spiro atoms. The third-order valence-electron chi connectivity index (χ3n) is 4.15. The van der Waals surface area contributed by atoms with Gasteiger partial charge in [0.15, 0.2) is 5.79 Å². The smallest absolute Gasteiger partial charge is 0.169 e. The van der Waals surface area contributed by atoms with Gasteiger partial charge in [0.05, 0.1) is 13.2 Å². The Balaban J connectivity index is 1.80. The highest BCUT2D eigenvalue weighted by Gasteiger charge is 2.55. The average molecular weight is 196 g/mol. The molecule has 0 aromatic rings. The summed E-state index contributed by atoms with van der Waals surface area (Å²) in [5.74, 6) is 1.40. The SMILES string of the molecule is C[C@@H]1C(=O)C[C@@H]2CC3(C[C@H]21)OCCO3. The molecule has 0 aromatic heterocycles. The van der Waals surface area contributed by atoms with Gasteiger partial charge in [-0.1, -0.05) is 6.92 Å². The van der Waals surface area contributed by atoms with E-state index < -0.39 is 0 Å². The van der Waals surface area contributed by atoms with Gasteiger partial charge >= 0.3 is 0 Å². The molecule has 14 heavy (non-hydrogen) atoms. The molecule has 0 radical (unpaired) electrons. The van der Waals surface area contributed by atoms with Crippen molar-refractivity contribution in [2.45, 2.75) is 32.0 Å². The van der Waals surface area contributed by atoms with Gasteiger partial charge in [0.2, 0.25) is 0 Å². The maximum Gasteiger partial charge on any atom is 0.169 e. The maximum absolute atomic E-state index is 11.5. The fourth-order valence-corrected chi connectivity index (χ4v) is 3.38. The van der Waals surface area contributed by atoms with Crippen LogP contribution in [0.25, 0.3) is 0 Å². The molecule has 3 aliphatic rings. The van der Waals surface area contributed by atoms with Gasteiger partial charge in [-0.2, -0.15) is 0 Å². The largest absolute Gasteiger partial charge is 0.348 e. The molecule has 3 atom stereocenters. The summed E-state index contributed by atoms with van der Waals surface area (Å²) >= 11 is 0. The minimum absolute atomic E-state index is 0.229. The Morgan fingerprint density at radius 1 is 1.29 bits per heavy atom. The van der Waals surface area contributed by atoms with E-state index in [0.29, 0.717) is 17.6 Å². The quantitative estimate of drug-likeness (QED) is 0.587. The van der Waals surface area contributed by atoms with Gasteiger partial charge in [0.1, 0.15) is 5.78 Å². The first-order valence-electron chi connectivity index (χ1n) is 5.51. The van der Waals surface area contributed by atoms with Crippen molar-refractivity contribution in [1.82, 2.24) is 0 Å². The van der Waals surface area contributed by atoms with Gasteiger partial charge in [-0.3, -0.25) is 4.79 Å². The Morgan fingerprint density at radius 2 is 2.00 bits per heavy atom. The summed E-state index contributed by atoms with van der Waals surface area (Å²) in [5.41, 5.74) is 0. The molecule has 1 saturated heterocycles. The standard InChI is InChI=1S/C11H16O3/c1-7-9-6-11(13-2-3-14-11)5-8(9)4-10(7)12/h7-9H,2-6H2,1H3/t7-,8+,9-/m0/s1. The predicted molar refractivity (Wildman–Crippen MR) is 49.6 cm³/mol. The fourth-order valence-electron chi connectivity index (χ4n) is 3.38. The third-order valence-corrected chi connectivity index (χ3v) is 4.15. The Kier molecular flexibility index (Phi) is 1.77. The fraction of sp³-hybridized carbons (Fsp3) is 0.909. The van der Waals surface area contributed by atoms with Crippen LogP contribution >= 0.6 is 0 Å². The number of hydrogen-bond donors (Lipinski definition) is 0. The lowest BCUT2D eigenvalue weighted by molar-refractivity contribution is -0.157. The zero-order valence-corrected chi connectivity index (χ0v) is 8.49. The number of ketones is 1. The predicted octanol–water partition coefficient (Wildman–Crippen LogP) is 1.36. The van der Waals surface area contributed by atoms with E-state index in [9.17, 15) is 4.79 Å². The number of carbonyl (C=O) groups is 1. The molecule has 3 nitrogen and oxygen atoms in total. The molecule has 3 fully saturated rings. The summed E-state index contributed by atoms with van der Waals surface area (Å²) in [6.07, 6.45) is 2.62. The van der Waals surface area contributed by atoms with Crippen LogP contribution in [0.15, 0.2) is 0 Å². The van der Waals surface area contributed by atoms with E-state index in [1.165, 1.54) is 0 Å². The second kappa shape index (κ2) is 2.80. The van der Waals surface area contributed by atoms with Crippen LogP contribution in [0.1, 0.15) is 26.2 Å². The molecular formula is C11H16O3. The van der Waals surface area contributed by atoms with Crippen molar-refractivity contribution >= 4 is 5.78 Å². The van der Waals surface area contributed by atoms with E-state index in [-0.39, 0.29) is 11.7 Å². The lowest BCUT2D eigenvalue weighted by Gasteiger charge is -2.23.